The van der Waals surface area contributed by atoms with E-state index in [0.717, 1.165) is 0 Å². The lowest BCUT2D eigenvalue weighted by Crippen LogP contribution is -1.96. The zero-order valence-electron chi connectivity index (χ0n) is 11.7. The molecular formula is C18H17NS. The fourth-order valence-corrected chi connectivity index (χ4v) is 3.30. The van der Waals surface area contributed by atoms with Gasteiger partial charge in [-0.1, -0.05) is 42.1 Å². The second kappa shape index (κ2) is 5.59. The first kappa shape index (κ1) is 13.1. The molecule has 1 aromatic heterocycles. The van der Waals surface area contributed by atoms with Gasteiger partial charge in [0, 0.05) is 21.7 Å². The Kier molecular flexibility index (Phi) is 3.66. The molecule has 0 N–H and O–H groups in total. The van der Waals surface area contributed by atoms with Gasteiger partial charge < -0.3 is 4.57 Å². The van der Waals surface area contributed by atoms with E-state index in [4.69, 9.17) is 0 Å². The maximum atomic E-state index is 2.24. The minimum atomic E-state index is 1.24. The number of rotatable bonds is 3. The summed E-state index contributed by atoms with van der Waals surface area (Å²) in [5.74, 6) is 0. The van der Waals surface area contributed by atoms with Gasteiger partial charge in [-0.25, -0.2) is 0 Å². The van der Waals surface area contributed by atoms with E-state index in [0.29, 0.717) is 0 Å². The fourth-order valence-electron chi connectivity index (χ4n) is 2.27. The van der Waals surface area contributed by atoms with Gasteiger partial charge in [0.15, 0.2) is 0 Å². The summed E-state index contributed by atoms with van der Waals surface area (Å²) in [6.45, 7) is 4.29. The summed E-state index contributed by atoms with van der Waals surface area (Å²) >= 11 is 1.83. The van der Waals surface area contributed by atoms with Crippen LogP contribution in [0.5, 0.6) is 0 Å². The largest absolute Gasteiger partial charge is 0.320 e. The first-order chi connectivity index (χ1) is 9.75. The lowest BCUT2D eigenvalue weighted by molar-refractivity contribution is 0.986. The Morgan fingerprint density at radius 3 is 2.15 bits per heavy atom. The van der Waals surface area contributed by atoms with E-state index in [1.54, 1.807) is 0 Å². The third kappa shape index (κ3) is 2.52. The number of benzene rings is 2. The summed E-state index contributed by atoms with van der Waals surface area (Å²) in [5.41, 5.74) is 3.81. The van der Waals surface area contributed by atoms with Crippen molar-refractivity contribution < 1.29 is 0 Å². The average molecular weight is 279 g/mol. The molecule has 3 rings (SSSR count). The smallest absolute Gasteiger partial charge is 0.0591 e. The van der Waals surface area contributed by atoms with Gasteiger partial charge in [0.05, 0.1) is 5.69 Å². The Morgan fingerprint density at radius 2 is 1.45 bits per heavy atom. The maximum Gasteiger partial charge on any atom is 0.0591 e. The molecule has 100 valence electrons. The zero-order chi connectivity index (χ0) is 13.9. The van der Waals surface area contributed by atoms with E-state index in [2.05, 4.69) is 85.3 Å². The molecule has 0 saturated carbocycles. The molecule has 0 aliphatic rings. The predicted molar refractivity (Wildman–Crippen MR) is 85.8 cm³/mol. The minimum absolute atomic E-state index is 1.24. The molecule has 0 aliphatic heterocycles. The van der Waals surface area contributed by atoms with Gasteiger partial charge in [-0.3, -0.25) is 0 Å². The predicted octanol–water partition coefficient (Wildman–Crippen LogP) is 5.25. The van der Waals surface area contributed by atoms with Crippen LogP contribution >= 0.6 is 11.8 Å². The van der Waals surface area contributed by atoms with Crippen molar-refractivity contribution in [1.82, 2.24) is 4.57 Å². The Morgan fingerprint density at radius 1 is 0.750 bits per heavy atom. The van der Waals surface area contributed by atoms with Gasteiger partial charge in [0.1, 0.15) is 0 Å². The number of nitrogens with zero attached hydrogens (tertiary/aromatic N) is 1. The van der Waals surface area contributed by atoms with Crippen LogP contribution in [0.2, 0.25) is 0 Å². The van der Waals surface area contributed by atoms with Crippen molar-refractivity contribution >= 4 is 11.8 Å². The van der Waals surface area contributed by atoms with Gasteiger partial charge in [-0.15, -0.1) is 0 Å². The molecule has 3 aromatic rings. The van der Waals surface area contributed by atoms with Crippen LogP contribution in [0.15, 0.2) is 76.7 Å². The SMILES string of the molecule is Cc1ccccc1Sc1ccccc1-n1cccc1C. The van der Waals surface area contributed by atoms with Crippen LogP contribution in [0.25, 0.3) is 5.69 Å². The second-order valence-corrected chi connectivity index (χ2v) is 5.94. The Hall–Kier alpha value is -1.93. The van der Waals surface area contributed by atoms with Gasteiger partial charge in [0.2, 0.25) is 0 Å². The topological polar surface area (TPSA) is 4.93 Å². The van der Waals surface area contributed by atoms with Crippen LogP contribution in [0, 0.1) is 13.8 Å². The van der Waals surface area contributed by atoms with E-state index in [-0.39, 0.29) is 0 Å². The molecule has 0 amide bonds. The highest BCUT2D eigenvalue weighted by Gasteiger charge is 2.08. The molecule has 20 heavy (non-hydrogen) atoms. The maximum absolute atomic E-state index is 2.24. The normalized spacial score (nSPS) is 10.7. The van der Waals surface area contributed by atoms with Crippen molar-refractivity contribution in [2.24, 2.45) is 0 Å². The van der Waals surface area contributed by atoms with Crippen molar-refractivity contribution in [3.63, 3.8) is 0 Å². The van der Waals surface area contributed by atoms with Gasteiger partial charge in [-0.2, -0.15) is 0 Å². The summed E-state index contributed by atoms with van der Waals surface area (Å²) in [5, 5.41) is 0. The zero-order valence-corrected chi connectivity index (χ0v) is 12.5. The number of aromatic nitrogens is 1. The molecule has 0 bridgehead atoms. The van der Waals surface area contributed by atoms with E-state index in [1.807, 2.05) is 11.8 Å². The average Bonchev–Trinajstić information content (AvgIpc) is 2.88. The van der Waals surface area contributed by atoms with Gasteiger partial charge in [-0.05, 0) is 49.7 Å². The highest BCUT2D eigenvalue weighted by atomic mass is 32.2. The Labute approximate surface area is 124 Å². The molecule has 2 aromatic carbocycles. The minimum Gasteiger partial charge on any atom is -0.320 e. The lowest BCUT2D eigenvalue weighted by Gasteiger charge is -2.13. The fraction of sp³-hybridized carbons (Fsp3) is 0.111. The van der Waals surface area contributed by atoms with Crippen molar-refractivity contribution in [3.05, 3.63) is 78.1 Å². The standard InChI is InChI=1S/C18H17NS/c1-14-8-3-5-11-17(14)20-18-12-6-4-10-16(18)19-13-7-9-15(19)2/h3-13H,1-2H3. The number of aryl methyl sites for hydroxylation is 2. The molecule has 0 spiro atoms. The van der Waals surface area contributed by atoms with Crippen LogP contribution in [0.1, 0.15) is 11.3 Å². The summed E-state index contributed by atoms with van der Waals surface area (Å²) < 4.78 is 2.24. The molecule has 0 saturated heterocycles. The summed E-state index contributed by atoms with van der Waals surface area (Å²) in [7, 11) is 0. The first-order valence-electron chi connectivity index (χ1n) is 6.72. The van der Waals surface area contributed by atoms with Crippen molar-refractivity contribution in [3.8, 4) is 5.69 Å². The highest BCUT2D eigenvalue weighted by Crippen LogP contribution is 2.34. The van der Waals surface area contributed by atoms with Crippen LogP contribution in [-0.2, 0) is 0 Å². The van der Waals surface area contributed by atoms with Gasteiger partial charge >= 0.3 is 0 Å². The Bertz CT molecular complexity index is 728. The van der Waals surface area contributed by atoms with Crippen LogP contribution < -0.4 is 0 Å². The van der Waals surface area contributed by atoms with E-state index >= 15 is 0 Å². The van der Waals surface area contributed by atoms with Crippen molar-refractivity contribution in [1.29, 1.82) is 0 Å². The Balaban J connectivity index is 2.03. The molecule has 0 aliphatic carbocycles. The van der Waals surface area contributed by atoms with Crippen molar-refractivity contribution in [2.45, 2.75) is 23.6 Å². The summed E-state index contributed by atoms with van der Waals surface area (Å²) in [6, 6.07) is 21.3. The lowest BCUT2D eigenvalue weighted by atomic mass is 10.2. The summed E-state index contributed by atoms with van der Waals surface area (Å²) in [6.07, 6.45) is 2.12. The molecule has 0 fully saturated rings. The molecule has 1 nitrogen and oxygen atoms in total. The molecular weight excluding hydrogens is 262 g/mol. The quantitative estimate of drug-likeness (QED) is 0.634. The molecule has 0 unspecified atom stereocenters. The monoisotopic (exact) mass is 279 g/mol. The molecule has 0 radical (unpaired) electrons. The van der Waals surface area contributed by atoms with E-state index in [1.165, 1.54) is 26.7 Å². The molecule has 1 heterocycles. The third-order valence-corrected chi connectivity index (χ3v) is 4.63. The van der Waals surface area contributed by atoms with E-state index < -0.39 is 0 Å². The van der Waals surface area contributed by atoms with E-state index in [9.17, 15) is 0 Å². The molecule has 0 atom stereocenters. The number of hydrogen-bond acceptors (Lipinski definition) is 1. The third-order valence-electron chi connectivity index (χ3n) is 3.39. The van der Waals surface area contributed by atoms with Gasteiger partial charge in [0.25, 0.3) is 0 Å². The number of para-hydroxylation sites is 1. The first-order valence-corrected chi connectivity index (χ1v) is 7.54. The van der Waals surface area contributed by atoms with Crippen LogP contribution in [0.3, 0.4) is 0 Å². The highest BCUT2D eigenvalue weighted by molar-refractivity contribution is 7.99. The second-order valence-electron chi connectivity index (χ2n) is 4.85. The molecule has 2 heteroatoms. The van der Waals surface area contributed by atoms with Crippen molar-refractivity contribution in [2.75, 3.05) is 0 Å². The van der Waals surface area contributed by atoms with Crippen LogP contribution in [-0.4, -0.2) is 4.57 Å². The number of hydrogen-bond donors (Lipinski definition) is 0. The van der Waals surface area contributed by atoms with Crippen LogP contribution in [0.4, 0.5) is 0 Å². The summed E-state index contributed by atoms with van der Waals surface area (Å²) in [4.78, 5) is 2.59.